The van der Waals surface area contributed by atoms with Gasteiger partial charge >= 0.3 is 0 Å². The Labute approximate surface area is 174 Å². The zero-order valence-electron chi connectivity index (χ0n) is 16.6. The van der Waals surface area contributed by atoms with Crippen LogP contribution in [0.25, 0.3) is 10.2 Å². The average molecular weight is 420 g/mol. The van der Waals surface area contributed by atoms with Gasteiger partial charge in [-0.15, -0.1) is 11.3 Å². The summed E-state index contributed by atoms with van der Waals surface area (Å²) in [4.78, 5) is 33.0. The van der Waals surface area contributed by atoms with Crippen molar-refractivity contribution in [1.82, 2.24) is 14.9 Å². The second kappa shape index (κ2) is 8.99. The molecule has 7 heteroatoms. The molecule has 1 fully saturated rings. The maximum Gasteiger partial charge on any atom is 0.263 e. The second-order valence-corrected chi connectivity index (χ2v) is 10.1. The van der Waals surface area contributed by atoms with E-state index in [1.165, 1.54) is 35.0 Å². The lowest BCUT2D eigenvalue weighted by molar-refractivity contribution is -0.120. The van der Waals surface area contributed by atoms with E-state index >= 15 is 0 Å². The lowest BCUT2D eigenvalue weighted by Crippen LogP contribution is -2.32. The first kappa shape index (κ1) is 20.0. The maximum absolute atomic E-state index is 13.4. The van der Waals surface area contributed by atoms with Gasteiger partial charge in [0.1, 0.15) is 4.83 Å². The van der Waals surface area contributed by atoms with Crippen LogP contribution < -0.4 is 10.9 Å². The van der Waals surface area contributed by atoms with Gasteiger partial charge in [-0.1, -0.05) is 44.4 Å². The highest BCUT2D eigenvalue weighted by Crippen LogP contribution is 2.36. The number of nitrogens with one attached hydrogen (secondary N) is 1. The Morgan fingerprint density at radius 2 is 2.07 bits per heavy atom. The number of thioether (sulfide) groups is 1. The zero-order valence-corrected chi connectivity index (χ0v) is 18.2. The smallest absolute Gasteiger partial charge is 0.263 e. The number of aromatic nitrogens is 2. The number of unbranched alkanes of at least 4 members (excludes halogenated alkanes) is 3. The van der Waals surface area contributed by atoms with Crippen molar-refractivity contribution < 1.29 is 4.79 Å². The quantitative estimate of drug-likeness (QED) is 0.537. The Kier molecular flexibility index (Phi) is 6.41. The molecule has 1 N–H and O–H groups in total. The van der Waals surface area contributed by atoms with Crippen molar-refractivity contribution in [2.75, 3.05) is 6.54 Å². The number of carbonyl (C=O) groups excluding carboxylic acids is 1. The number of nitrogens with zero attached hydrogens (tertiary/aromatic N) is 2. The lowest BCUT2D eigenvalue weighted by Gasteiger charge is -2.16. The summed E-state index contributed by atoms with van der Waals surface area (Å²) in [5.41, 5.74) is 1.35. The molecule has 1 atom stereocenters. The standard InChI is InChI=1S/C21H29N3O2S2/c1-2-3-4-7-13-24-20(26)17-14-9-8-11-15(14)27-19(17)23-21(24)28-16-10-5-6-12-22-18(16)25/h16H,2-13H2,1H3,(H,22,25). The highest BCUT2D eigenvalue weighted by Gasteiger charge is 2.27. The van der Waals surface area contributed by atoms with Gasteiger partial charge in [0, 0.05) is 18.0 Å². The Bertz CT molecular complexity index is 918. The van der Waals surface area contributed by atoms with Crippen LogP contribution in [-0.2, 0) is 24.2 Å². The zero-order chi connectivity index (χ0) is 19.5. The molecule has 0 saturated carbocycles. The van der Waals surface area contributed by atoms with Gasteiger partial charge in [-0.05, 0) is 44.1 Å². The van der Waals surface area contributed by atoms with Crippen LogP contribution in [0.4, 0.5) is 0 Å². The van der Waals surface area contributed by atoms with Crippen molar-refractivity contribution in [3.8, 4) is 0 Å². The van der Waals surface area contributed by atoms with Gasteiger partial charge < -0.3 is 5.32 Å². The third kappa shape index (κ3) is 4.01. The van der Waals surface area contributed by atoms with Gasteiger partial charge in [0.25, 0.3) is 5.56 Å². The SMILES string of the molecule is CCCCCCn1c(SC2CCCCNC2=O)nc2sc3c(c2c1=O)CCC3. The summed E-state index contributed by atoms with van der Waals surface area (Å²) in [6, 6.07) is 0. The molecule has 1 amide bonds. The maximum atomic E-state index is 13.4. The number of hydrogen-bond acceptors (Lipinski definition) is 5. The summed E-state index contributed by atoms with van der Waals surface area (Å²) in [6.07, 6.45) is 10.6. The van der Waals surface area contributed by atoms with E-state index in [2.05, 4.69) is 12.2 Å². The molecule has 0 aromatic carbocycles. The van der Waals surface area contributed by atoms with Gasteiger partial charge in [-0.25, -0.2) is 4.98 Å². The Hall–Kier alpha value is -1.34. The fourth-order valence-corrected chi connectivity index (χ4v) is 6.68. The minimum absolute atomic E-state index is 0.0862. The molecule has 1 aliphatic heterocycles. The molecular formula is C21H29N3O2S2. The summed E-state index contributed by atoms with van der Waals surface area (Å²) in [5, 5.41) is 4.43. The van der Waals surface area contributed by atoms with E-state index in [1.54, 1.807) is 11.3 Å². The van der Waals surface area contributed by atoms with Gasteiger partial charge in [0.15, 0.2) is 5.16 Å². The number of aryl methyl sites for hydroxylation is 2. The predicted molar refractivity (Wildman–Crippen MR) is 117 cm³/mol. The summed E-state index contributed by atoms with van der Waals surface area (Å²) >= 11 is 3.18. The number of thiophene rings is 1. The number of carbonyl (C=O) groups is 1. The second-order valence-electron chi connectivity index (χ2n) is 7.84. The average Bonchev–Trinajstić information content (AvgIpc) is 3.20. The molecule has 152 valence electrons. The van der Waals surface area contributed by atoms with E-state index in [1.807, 2.05) is 4.57 Å². The molecule has 1 saturated heterocycles. The van der Waals surface area contributed by atoms with Crippen molar-refractivity contribution in [2.24, 2.45) is 0 Å². The van der Waals surface area contributed by atoms with Gasteiger partial charge in [-0.3, -0.25) is 14.2 Å². The highest BCUT2D eigenvalue weighted by molar-refractivity contribution is 8.00. The first-order valence-electron chi connectivity index (χ1n) is 10.7. The molecule has 0 bridgehead atoms. The number of fused-ring (bicyclic) bond motifs is 3. The largest absolute Gasteiger partial charge is 0.355 e. The van der Waals surface area contributed by atoms with Crippen LogP contribution in [0, 0.1) is 0 Å². The third-order valence-electron chi connectivity index (χ3n) is 5.76. The lowest BCUT2D eigenvalue weighted by atomic mass is 10.2. The van der Waals surface area contributed by atoms with Gasteiger partial charge in [0.05, 0.1) is 10.6 Å². The normalized spacial score (nSPS) is 19.6. The Balaban J connectivity index is 1.70. The summed E-state index contributed by atoms with van der Waals surface area (Å²) < 4.78 is 1.87. The minimum Gasteiger partial charge on any atom is -0.355 e. The van der Waals surface area contributed by atoms with Gasteiger partial charge in [0.2, 0.25) is 5.91 Å². The van der Waals surface area contributed by atoms with Crippen LogP contribution in [-0.4, -0.2) is 27.3 Å². The molecule has 3 heterocycles. The fourth-order valence-electron chi connectivity index (χ4n) is 4.19. The molecule has 28 heavy (non-hydrogen) atoms. The minimum atomic E-state index is -0.152. The van der Waals surface area contributed by atoms with Crippen LogP contribution in [0.1, 0.15) is 68.7 Å². The fraction of sp³-hybridized carbons (Fsp3) is 0.667. The molecular weight excluding hydrogens is 390 g/mol. The molecule has 1 aliphatic carbocycles. The summed E-state index contributed by atoms with van der Waals surface area (Å²) in [7, 11) is 0. The third-order valence-corrected chi connectivity index (χ3v) is 8.20. The molecule has 2 aliphatic rings. The van der Waals surface area contributed by atoms with Crippen molar-refractivity contribution in [3.63, 3.8) is 0 Å². The molecule has 2 aromatic rings. The van der Waals surface area contributed by atoms with Crippen LogP contribution in [0.2, 0.25) is 0 Å². The molecule has 2 aromatic heterocycles. The topological polar surface area (TPSA) is 64.0 Å². The van der Waals surface area contributed by atoms with Crippen molar-refractivity contribution in [1.29, 1.82) is 0 Å². The van der Waals surface area contributed by atoms with Crippen LogP contribution in [0.3, 0.4) is 0 Å². The molecule has 4 rings (SSSR count). The van der Waals surface area contributed by atoms with Crippen molar-refractivity contribution in [2.45, 2.75) is 88.1 Å². The van der Waals surface area contributed by atoms with E-state index < -0.39 is 0 Å². The summed E-state index contributed by atoms with van der Waals surface area (Å²) in [6.45, 7) is 3.65. The van der Waals surface area contributed by atoms with E-state index in [-0.39, 0.29) is 16.7 Å². The van der Waals surface area contributed by atoms with Crippen molar-refractivity contribution in [3.05, 3.63) is 20.8 Å². The first-order chi connectivity index (χ1) is 13.7. The number of rotatable bonds is 7. The molecule has 1 unspecified atom stereocenters. The van der Waals surface area contributed by atoms with Crippen molar-refractivity contribution >= 4 is 39.2 Å². The van der Waals surface area contributed by atoms with E-state index in [9.17, 15) is 9.59 Å². The predicted octanol–water partition coefficient (Wildman–Crippen LogP) is 4.29. The first-order valence-corrected chi connectivity index (χ1v) is 12.4. The molecule has 5 nitrogen and oxygen atoms in total. The molecule has 0 spiro atoms. The number of hydrogen-bond donors (Lipinski definition) is 1. The molecule has 0 radical (unpaired) electrons. The Morgan fingerprint density at radius 1 is 1.18 bits per heavy atom. The van der Waals surface area contributed by atoms with Crippen LogP contribution >= 0.6 is 23.1 Å². The van der Waals surface area contributed by atoms with E-state index in [0.29, 0.717) is 6.54 Å². The Morgan fingerprint density at radius 3 is 2.93 bits per heavy atom. The van der Waals surface area contributed by atoms with E-state index in [4.69, 9.17) is 4.98 Å². The van der Waals surface area contributed by atoms with Crippen LogP contribution in [0.5, 0.6) is 0 Å². The number of amides is 1. The van der Waals surface area contributed by atoms with Crippen LogP contribution in [0.15, 0.2) is 9.95 Å². The summed E-state index contributed by atoms with van der Waals surface area (Å²) in [5.74, 6) is 0.0862. The van der Waals surface area contributed by atoms with Gasteiger partial charge in [-0.2, -0.15) is 0 Å². The highest BCUT2D eigenvalue weighted by atomic mass is 32.2. The van der Waals surface area contributed by atoms with E-state index in [0.717, 1.165) is 73.3 Å². The monoisotopic (exact) mass is 419 g/mol.